The molecule has 0 fully saturated rings. The van der Waals surface area contributed by atoms with E-state index in [1.165, 1.54) is 24.5 Å². The van der Waals surface area contributed by atoms with E-state index in [0.29, 0.717) is 0 Å². The zero-order valence-electron chi connectivity index (χ0n) is 10.4. The summed E-state index contributed by atoms with van der Waals surface area (Å²) < 4.78 is 37.7. The van der Waals surface area contributed by atoms with Crippen molar-refractivity contribution in [2.75, 3.05) is 12.0 Å². The van der Waals surface area contributed by atoms with Gasteiger partial charge < -0.3 is 0 Å². The maximum absolute atomic E-state index is 12.1. The van der Waals surface area contributed by atoms with Crippen LogP contribution in [0.2, 0.25) is 5.02 Å². The summed E-state index contributed by atoms with van der Waals surface area (Å²) >= 11 is 5.84. The molecule has 0 heterocycles. The molecule has 0 aliphatic carbocycles. The fraction of sp³-hybridized carbons (Fsp3) is 0.364. The molecule has 19 heavy (non-hydrogen) atoms. The van der Waals surface area contributed by atoms with Gasteiger partial charge in [0, 0.05) is 28.9 Å². The smallest absolute Gasteiger partial charge is 0.242 e. The van der Waals surface area contributed by atoms with Crippen LogP contribution in [0.4, 0.5) is 0 Å². The first-order chi connectivity index (χ1) is 8.76. The topological polar surface area (TPSA) is 87.0 Å². The largest absolute Gasteiger partial charge is 0.260 e. The maximum atomic E-state index is 12.1. The highest BCUT2D eigenvalue weighted by Crippen LogP contribution is 2.22. The van der Waals surface area contributed by atoms with Crippen LogP contribution < -0.4 is 4.72 Å². The molecule has 2 unspecified atom stereocenters. The first kappa shape index (κ1) is 16.1. The lowest BCUT2D eigenvalue weighted by Crippen LogP contribution is -2.36. The van der Waals surface area contributed by atoms with E-state index in [4.69, 9.17) is 16.9 Å². The van der Waals surface area contributed by atoms with Crippen LogP contribution in [-0.2, 0) is 20.8 Å². The number of nitrogens with one attached hydrogen (secondary N) is 1. The van der Waals surface area contributed by atoms with Crippen LogP contribution >= 0.6 is 11.6 Å². The fourth-order valence-corrected chi connectivity index (χ4v) is 4.16. The molecule has 0 spiro atoms. The van der Waals surface area contributed by atoms with Crippen LogP contribution in [0.3, 0.4) is 0 Å². The molecule has 1 aromatic rings. The number of halogens is 1. The average Bonchev–Trinajstić information content (AvgIpc) is 2.27. The van der Waals surface area contributed by atoms with Gasteiger partial charge in [-0.2, -0.15) is 5.26 Å². The maximum Gasteiger partial charge on any atom is 0.242 e. The molecule has 0 aliphatic rings. The van der Waals surface area contributed by atoms with Crippen molar-refractivity contribution < 1.29 is 12.6 Å². The SMILES string of the molecule is CC(CS(C)=O)NS(=O)(=O)c1cc(C#N)ccc1Cl. The Labute approximate surface area is 120 Å². The molecule has 0 radical (unpaired) electrons. The molecule has 0 bridgehead atoms. The lowest BCUT2D eigenvalue weighted by atomic mass is 10.2. The van der Waals surface area contributed by atoms with E-state index >= 15 is 0 Å². The highest BCUT2D eigenvalue weighted by Gasteiger charge is 2.21. The number of nitrogens with zero attached hydrogens (tertiary/aromatic N) is 1. The minimum Gasteiger partial charge on any atom is -0.260 e. The minimum absolute atomic E-state index is 0.0383. The van der Waals surface area contributed by atoms with Crippen molar-refractivity contribution in [3.8, 4) is 6.07 Å². The molecule has 1 rings (SSSR count). The van der Waals surface area contributed by atoms with Gasteiger partial charge in [-0.1, -0.05) is 11.6 Å². The minimum atomic E-state index is -3.84. The Morgan fingerprint density at radius 2 is 2.16 bits per heavy atom. The lowest BCUT2D eigenvalue weighted by molar-refractivity contribution is 0.570. The number of hydrogen-bond acceptors (Lipinski definition) is 4. The highest BCUT2D eigenvalue weighted by molar-refractivity contribution is 7.89. The first-order valence-electron chi connectivity index (χ1n) is 5.28. The van der Waals surface area contributed by atoms with Gasteiger partial charge in [-0.15, -0.1) is 0 Å². The van der Waals surface area contributed by atoms with Gasteiger partial charge in [-0.25, -0.2) is 13.1 Å². The number of hydrogen-bond donors (Lipinski definition) is 1. The van der Waals surface area contributed by atoms with E-state index in [2.05, 4.69) is 4.72 Å². The standard InChI is InChI=1S/C11H13ClN2O3S2/c1-8(7-18(2)15)14-19(16,17)11-5-9(6-13)3-4-10(11)12/h3-5,8,14H,7H2,1-2H3. The average molecular weight is 321 g/mol. The molecule has 1 N–H and O–H groups in total. The van der Waals surface area contributed by atoms with Crippen molar-refractivity contribution in [3.63, 3.8) is 0 Å². The summed E-state index contributed by atoms with van der Waals surface area (Å²) in [6, 6.07) is 5.37. The van der Waals surface area contributed by atoms with Crippen LogP contribution in [0.5, 0.6) is 0 Å². The van der Waals surface area contributed by atoms with Crippen LogP contribution in [0, 0.1) is 11.3 Å². The number of nitriles is 1. The van der Waals surface area contributed by atoms with Crippen molar-refractivity contribution in [1.82, 2.24) is 4.72 Å². The Morgan fingerprint density at radius 1 is 1.53 bits per heavy atom. The molecule has 0 saturated heterocycles. The second kappa shape index (κ2) is 6.48. The fourth-order valence-electron chi connectivity index (χ4n) is 1.49. The molecule has 104 valence electrons. The molecule has 0 aliphatic heterocycles. The Hall–Kier alpha value is -0.940. The number of sulfonamides is 1. The van der Waals surface area contributed by atoms with Crippen molar-refractivity contribution >= 4 is 32.4 Å². The molecule has 2 atom stereocenters. The molecule has 1 aromatic carbocycles. The van der Waals surface area contributed by atoms with Crippen molar-refractivity contribution in [1.29, 1.82) is 5.26 Å². The Bertz CT molecular complexity index is 638. The molecule has 0 amide bonds. The van der Waals surface area contributed by atoms with Crippen molar-refractivity contribution in [2.45, 2.75) is 17.9 Å². The van der Waals surface area contributed by atoms with Gasteiger partial charge in [-0.3, -0.25) is 4.21 Å². The van der Waals surface area contributed by atoms with Gasteiger partial charge >= 0.3 is 0 Å². The molecule has 5 nitrogen and oxygen atoms in total. The first-order valence-corrected chi connectivity index (χ1v) is 8.87. The normalized spacial score (nSPS) is 14.6. The predicted molar refractivity (Wildman–Crippen MR) is 74.9 cm³/mol. The van der Waals surface area contributed by atoms with Gasteiger partial charge in [0.15, 0.2) is 0 Å². The van der Waals surface area contributed by atoms with Gasteiger partial charge in [0.2, 0.25) is 10.0 Å². The highest BCUT2D eigenvalue weighted by atomic mass is 35.5. The number of rotatable bonds is 5. The third kappa shape index (κ3) is 4.58. The summed E-state index contributed by atoms with van der Waals surface area (Å²) in [5.74, 6) is 0.203. The van der Waals surface area contributed by atoms with Gasteiger partial charge in [-0.05, 0) is 25.1 Å². The second-order valence-corrected chi connectivity index (χ2v) is 7.59. The van der Waals surface area contributed by atoms with E-state index < -0.39 is 26.9 Å². The summed E-state index contributed by atoms with van der Waals surface area (Å²) in [5, 5.41) is 8.81. The summed E-state index contributed by atoms with van der Waals surface area (Å²) in [5.41, 5.74) is 0.205. The zero-order chi connectivity index (χ0) is 14.6. The molecule has 8 heteroatoms. The molecule has 0 aromatic heterocycles. The summed E-state index contributed by atoms with van der Waals surface area (Å²) in [7, 11) is -4.95. The molecular weight excluding hydrogens is 308 g/mol. The molecular formula is C11H13ClN2O3S2. The van der Waals surface area contributed by atoms with Crippen LogP contribution in [0.25, 0.3) is 0 Å². The van der Waals surface area contributed by atoms with Crippen LogP contribution in [0.15, 0.2) is 23.1 Å². The Morgan fingerprint density at radius 3 is 2.68 bits per heavy atom. The van der Waals surface area contributed by atoms with Crippen LogP contribution in [-0.4, -0.2) is 30.7 Å². The third-order valence-electron chi connectivity index (χ3n) is 2.19. The van der Waals surface area contributed by atoms with E-state index in [1.54, 1.807) is 6.92 Å². The van der Waals surface area contributed by atoms with E-state index in [0.717, 1.165) is 0 Å². The van der Waals surface area contributed by atoms with Crippen molar-refractivity contribution in [3.05, 3.63) is 28.8 Å². The monoisotopic (exact) mass is 320 g/mol. The van der Waals surface area contributed by atoms with Crippen molar-refractivity contribution in [2.24, 2.45) is 0 Å². The Kier molecular flexibility index (Phi) is 5.50. The predicted octanol–water partition coefficient (Wildman–Crippen LogP) is 1.26. The summed E-state index contributed by atoms with van der Waals surface area (Å²) in [4.78, 5) is -0.151. The number of benzene rings is 1. The van der Waals surface area contributed by atoms with Crippen LogP contribution in [0.1, 0.15) is 12.5 Å². The van der Waals surface area contributed by atoms with Gasteiger partial charge in [0.25, 0.3) is 0 Å². The van der Waals surface area contributed by atoms with E-state index in [9.17, 15) is 12.6 Å². The second-order valence-electron chi connectivity index (χ2n) is 4.02. The quantitative estimate of drug-likeness (QED) is 0.884. The van der Waals surface area contributed by atoms with E-state index in [1.807, 2.05) is 6.07 Å². The van der Waals surface area contributed by atoms with Gasteiger partial charge in [0.05, 0.1) is 16.7 Å². The molecule has 0 saturated carbocycles. The van der Waals surface area contributed by atoms with Gasteiger partial charge in [0.1, 0.15) is 4.90 Å². The lowest BCUT2D eigenvalue weighted by Gasteiger charge is -2.13. The Balaban J connectivity index is 3.07. The summed E-state index contributed by atoms with van der Waals surface area (Å²) in [6.07, 6.45) is 1.49. The van der Waals surface area contributed by atoms with E-state index in [-0.39, 0.29) is 21.2 Å². The zero-order valence-corrected chi connectivity index (χ0v) is 12.8. The summed E-state index contributed by atoms with van der Waals surface area (Å²) in [6.45, 7) is 1.61. The third-order valence-corrected chi connectivity index (χ3v) is 5.23.